The predicted octanol–water partition coefficient (Wildman–Crippen LogP) is 0.206. The minimum atomic E-state index is -0.380. The Morgan fingerprint density at radius 3 is 2.17 bits per heavy atom. The molecular formula is C4H6NO. The summed E-state index contributed by atoms with van der Waals surface area (Å²) in [4.78, 5) is 9.87. The first-order valence-electron chi connectivity index (χ1n) is 2.06. The minimum Gasteiger partial charge on any atom is -0.273 e. The summed E-state index contributed by atoms with van der Waals surface area (Å²) in [6.07, 6.45) is 1.92. The quantitative estimate of drug-likeness (QED) is 0.447. The van der Waals surface area contributed by atoms with Gasteiger partial charge in [0.05, 0.1) is 0 Å². The Hall–Kier alpha value is -0.530. The Morgan fingerprint density at radius 2 is 2.17 bits per heavy atom. The molecule has 0 saturated heterocycles. The van der Waals surface area contributed by atoms with Gasteiger partial charge >= 0.3 is 0 Å². The van der Waals surface area contributed by atoms with Crippen LogP contribution in [0.25, 0.3) is 0 Å². The van der Waals surface area contributed by atoms with Crippen LogP contribution in [0.2, 0.25) is 0 Å². The largest absolute Gasteiger partial charge is 0.273 e. The van der Waals surface area contributed by atoms with Crippen molar-refractivity contribution in [2.75, 3.05) is 0 Å². The molecule has 6 heavy (non-hydrogen) atoms. The smallest absolute Gasteiger partial charge is 0.241 e. The van der Waals surface area contributed by atoms with E-state index in [1.165, 1.54) is 0 Å². The third-order valence-corrected chi connectivity index (χ3v) is 0.948. The van der Waals surface area contributed by atoms with Crippen LogP contribution in [-0.4, -0.2) is 5.91 Å². The van der Waals surface area contributed by atoms with Crippen molar-refractivity contribution in [3.8, 4) is 0 Å². The molecule has 0 aromatic carbocycles. The van der Waals surface area contributed by atoms with Gasteiger partial charge in [-0.2, -0.15) is 0 Å². The van der Waals surface area contributed by atoms with E-state index >= 15 is 0 Å². The predicted molar refractivity (Wildman–Crippen MR) is 20.8 cm³/mol. The number of rotatable bonds is 1. The molecule has 0 aromatic rings. The number of carbonyl (C=O) groups excluding carboxylic acids is 1. The summed E-state index contributed by atoms with van der Waals surface area (Å²) in [5, 5.41) is 0. The van der Waals surface area contributed by atoms with Gasteiger partial charge in [-0.1, -0.05) is 0 Å². The van der Waals surface area contributed by atoms with E-state index in [2.05, 4.69) is 0 Å². The number of amides is 1. The molecule has 1 amide bonds. The van der Waals surface area contributed by atoms with E-state index in [-0.39, 0.29) is 11.8 Å². The Bertz CT molecular complexity index is 75.6. The lowest BCUT2D eigenvalue weighted by Crippen LogP contribution is -1.97. The second kappa shape index (κ2) is 0.965. The van der Waals surface area contributed by atoms with Crippen molar-refractivity contribution in [1.29, 1.82) is 0 Å². The third-order valence-electron chi connectivity index (χ3n) is 0.948. The molecular weight excluding hydrogens is 78.0 g/mol. The van der Waals surface area contributed by atoms with Gasteiger partial charge in [0.25, 0.3) is 0 Å². The molecule has 2 nitrogen and oxygen atoms in total. The zero-order chi connectivity index (χ0) is 4.57. The maximum atomic E-state index is 9.87. The topological polar surface area (TPSA) is 40.9 Å². The first kappa shape index (κ1) is 3.65. The highest BCUT2D eigenvalue weighted by atomic mass is 16.1. The second-order valence-corrected chi connectivity index (χ2v) is 1.64. The van der Waals surface area contributed by atoms with E-state index in [1.54, 1.807) is 0 Å². The molecule has 33 valence electrons. The van der Waals surface area contributed by atoms with Gasteiger partial charge in [0.2, 0.25) is 5.91 Å². The second-order valence-electron chi connectivity index (χ2n) is 1.64. The number of carbonyl (C=O) groups is 1. The minimum absolute atomic E-state index is 0.130. The summed E-state index contributed by atoms with van der Waals surface area (Å²) in [7, 11) is 0. The molecule has 0 heterocycles. The molecule has 1 N–H and O–H groups in total. The molecule has 0 spiro atoms. The van der Waals surface area contributed by atoms with E-state index < -0.39 is 0 Å². The first-order valence-corrected chi connectivity index (χ1v) is 2.06. The van der Waals surface area contributed by atoms with Gasteiger partial charge in [0, 0.05) is 5.92 Å². The Morgan fingerprint density at radius 1 is 1.67 bits per heavy atom. The van der Waals surface area contributed by atoms with Crippen molar-refractivity contribution in [2.24, 2.45) is 5.92 Å². The van der Waals surface area contributed by atoms with Crippen LogP contribution in [0.1, 0.15) is 12.8 Å². The van der Waals surface area contributed by atoms with Crippen molar-refractivity contribution < 1.29 is 4.79 Å². The molecule has 1 rings (SSSR count). The average molecular weight is 84.1 g/mol. The van der Waals surface area contributed by atoms with E-state index in [9.17, 15) is 4.79 Å². The molecule has 0 aliphatic heterocycles. The fourth-order valence-electron chi connectivity index (χ4n) is 0.346. The van der Waals surface area contributed by atoms with Gasteiger partial charge in [-0.25, -0.2) is 0 Å². The average Bonchev–Trinajstić information content (AvgIpc) is 2.06. The molecule has 1 saturated carbocycles. The molecule has 0 unspecified atom stereocenters. The molecule has 0 bridgehead atoms. The zero-order valence-electron chi connectivity index (χ0n) is 3.40. The van der Waals surface area contributed by atoms with Crippen LogP contribution in [0.3, 0.4) is 0 Å². The molecule has 1 aliphatic rings. The SMILES string of the molecule is [NH]C(=O)C1CC1. The number of hydrogen-bond acceptors (Lipinski definition) is 1. The monoisotopic (exact) mass is 84.0 g/mol. The Kier molecular flexibility index (Phi) is 0.587. The van der Waals surface area contributed by atoms with Crippen LogP contribution >= 0.6 is 0 Å². The van der Waals surface area contributed by atoms with E-state index in [1.807, 2.05) is 0 Å². The van der Waals surface area contributed by atoms with Crippen molar-refractivity contribution in [3.63, 3.8) is 0 Å². The normalized spacial score (nSPS) is 20.7. The van der Waals surface area contributed by atoms with Crippen molar-refractivity contribution in [2.45, 2.75) is 12.8 Å². The fourth-order valence-corrected chi connectivity index (χ4v) is 0.346. The number of nitrogens with one attached hydrogen (secondary N) is 1. The molecule has 1 aliphatic carbocycles. The van der Waals surface area contributed by atoms with Crippen LogP contribution in [0, 0.1) is 5.92 Å². The molecule has 0 atom stereocenters. The van der Waals surface area contributed by atoms with Crippen LogP contribution in [-0.2, 0) is 4.79 Å². The Labute approximate surface area is 36.3 Å². The van der Waals surface area contributed by atoms with Gasteiger partial charge < -0.3 is 0 Å². The number of hydrogen-bond donors (Lipinski definition) is 0. The van der Waals surface area contributed by atoms with E-state index in [0.29, 0.717) is 0 Å². The third kappa shape index (κ3) is 0.506. The summed E-state index contributed by atoms with van der Waals surface area (Å²) in [6.45, 7) is 0. The standard InChI is InChI=1S/C4H6NO/c5-4(6)3-1-2-3/h3,5H,1-2H2. The molecule has 2 heteroatoms. The highest BCUT2D eigenvalue weighted by molar-refractivity contribution is 5.78. The van der Waals surface area contributed by atoms with Gasteiger partial charge in [0.1, 0.15) is 0 Å². The van der Waals surface area contributed by atoms with E-state index in [4.69, 9.17) is 5.73 Å². The lowest BCUT2D eigenvalue weighted by atomic mass is 10.4. The zero-order valence-corrected chi connectivity index (χ0v) is 3.40. The van der Waals surface area contributed by atoms with Gasteiger partial charge in [-0.15, -0.1) is 0 Å². The molecule has 1 radical (unpaired) electrons. The Balaban J connectivity index is 2.31. The summed E-state index contributed by atoms with van der Waals surface area (Å²) >= 11 is 0. The highest BCUT2D eigenvalue weighted by Gasteiger charge is 2.27. The summed E-state index contributed by atoms with van der Waals surface area (Å²) < 4.78 is 0. The summed E-state index contributed by atoms with van der Waals surface area (Å²) in [6, 6.07) is 0. The lowest BCUT2D eigenvalue weighted by Gasteiger charge is -1.74. The lowest BCUT2D eigenvalue weighted by molar-refractivity contribution is -0.119. The fraction of sp³-hybridized carbons (Fsp3) is 0.750. The van der Waals surface area contributed by atoms with Gasteiger partial charge in [0.15, 0.2) is 0 Å². The van der Waals surface area contributed by atoms with Crippen molar-refractivity contribution >= 4 is 5.91 Å². The first-order chi connectivity index (χ1) is 2.80. The highest BCUT2D eigenvalue weighted by Crippen LogP contribution is 2.28. The maximum absolute atomic E-state index is 9.87. The van der Waals surface area contributed by atoms with E-state index in [0.717, 1.165) is 12.8 Å². The van der Waals surface area contributed by atoms with Crippen LogP contribution in [0.4, 0.5) is 0 Å². The van der Waals surface area contributed by atoms with Crippen LogP contribution in [0.5, 0.6) is 0 Å². The van der Waals surface area contributed by atoms with Crippen molar-refractivity contribution in [3.05, 3.63) is 0 Å². The van der Waals surface area contributed by atoms with Gasteiger partial charge in [-0.05, 0) is 12.8 Å². The van der Waals surface area contributed by atoms with Crippen LogP contribution < -0.4 is 5.73 Å². The van der Waals surface area contributed by atoms with Crippen molar-refractivity contribution in [1.82, 2.24) is 5.73 Å². The summed E-state index contributed by atoms with van der Waals surface area (Å²) in [5.74, 6) is -0.250. The molecule has 0 aromatic heterocycles. The maximum Gasteiger partial charge on any atom is 0.241 e. The summed E-state index contributed by atoms with van der Waals surface area (Å²) in [5.41, 5.74) is 6.46. The van der Waals surface area contributed by atoms with Crippen LogP contribution in [0.15, 0.2) is 0 Å². The van der Waals surface area contributed by atoms with Gasteiger partial charge in [-0.3, -0.25) is 10.5 Å². The molecule has 1 fully saturated rings.